The number of hydrogen-bond donors (Lipinski definition) is 1. The number of amides is 1. The van der Waals surface area contributed by atoms with Gasteiger partial charge in [-0.2, -0.15) is 0 Å². The fourth-order valence-corrected chi connectivity index (χ4v) is 2.19. The van der Waals surface area contributed by atoms with Crippen molar-refractivity contribution in [2.45, 2.75) is 32.7 Å². The molecule has 1 aromatic rings. The van der Waals surface area contributed by atoms with E-state index in [0.717, 1.165) is 12.8 Å². The lowest BCUT2D eigenvalue weighted by Crippen LogP contribution is -2.32. The maximum Gasteiger partial charge on any atom is 0.270 e. The summed E-state index contributed by atoms with van der Waals surface area (Å²) in [7, 11) is 0. The van der Waals surface area contributed by atoms with Gasteiger partial charge >= 0.3 is 0 Å². The zero-order valence-electron chi connectivity index (χ0n) is 10.3. The molecule has 1 unspecified atom stereocenters. The highest BCUT2D eigenvalue weighted by Gasteiger charge is 2.16. The number of rotatable bonds is 5. The Labute approximate surface area is 119 Å². The van der Waals surface area contributed by atoms with Crippen molar-refractivity contribution in [3.05, 3.63) is 37.4 Å². The zero-order chi connectivity index (χ0) is 13.7. The summed E-state index contributed by atoms with van der Waals surface area (Å²) in [6.45, 7) is 3.96. The lowest BCUT2D eigenvalue weighted by Gasteiger charge is -2.13. The molecule has 0 radical (unpaired) electrons. The Kier molecular flexibility index (Phi) is 5.52. The molecule has 18 heavy (non-hydrogen) atoms. The largest absolute Gasteiger partial charge is 0.350 e. The Hall–Kier alpha value is -1.18. The summed E-state index contributed by atoms with van der Waals surface area (Å²) < 4.78 is 0.708. The van der Waals surface area contributed by atoms with Crippen molar-refractivity contribution in [2.24, 2.45) is 0 Å². The first kappa shape index (κ1) is 14.9. The van der Waals surface area contributed by atoms with Crippen LogP contribution in [0.3, 0.4) is 0 Å². The van der Waals surface area contributed by atoms with Crippen LogP contribution in [-0.4, -0.2) is 16.9 Å². The highest BCUT2D eigenvalue weighted by molar-refractivity contribution is 14.1. The van der Waals surface area contributed by atoms with Crippen LogP contribution in [0.1, 0.15) is 37.0 Å². The summed E-state index contributed by atoms with van der Waals surface area (Å²) >= 11 is 2.00. The van der Waals surface area contributed by atoms with Crippen LogP contribution in [0.2, 0.25) is 0 Å². The van der Waals surface area contributed by atoms with Crippen molar-refractivity contribution in [2.75, 3.05) is 0 Å². The second kappa shape index (κ2) is 6.67. The predicted octanol–water partition coefficient (Wildman–Crippen LogP) is 3.12. The number of hydrogen-bond acceptors (Lipinski definition) is 3. The number of benzene rings is 1. The summed E-state index contributed by atoms with van der Waals surface area (Å²) in [5.41, 5.74) is 0.288. The lowest BCUT2D eigenvalue weighted by atomic mass is 10.1. The van der Waals surface area contributed by atoms with Crippen LogP contribution in [0.4, 0.5) is 5.69 Å². The molecule has 1 atom stereocenters. The quantitative estimate of drug-likeness (QED) is 0.497. The lowest BCUT2D eigenvalue weighted by molar-refractivity contribution is -0.384. The van der Waals surface area contributed by atoms with Gasteiger partial charge in [0.2, 0.25) is 0 Å². The monoisotopic (exact) mass is 362 g/mol. The molecule has 1 aromatic carbocycles. The second-order valence-corrected chi connectivity index (χ2v) is 5.25. The Bertz CT molecular complexity index is 463. The molecule has 0 aliphatic carbocycles. The third-order valence-corrected chi connectivity index (χ3v) is 3.45. The van der Waals surface area contributed by atoms with Gasteiger partial charge in [0, 0.05) is 21.7 Å². The minimum Gasteiger partial charge on any atom is -0.350 e. The molecule has 0 fully saturated rings. The maximum absolute atomic E-state index is 12.0. The molecule has 0 heterocycles. The fraction of sp³-hybridized carbons (Fsp3) is 0.417. The first-order chi connectivity index (χ1) is 8.45. The van der Waals surface area contributed by atoms with Crippen molar-refractivity contribution in [3.8, 4) is 0 Å². The molecule has 6 heteroatoms. The fourth-order valence-electron chi connectivity index (χ4n) is 1.61. The molecular weight excluding hydrogens is 347 g/mol. The van der Waals surface area contributed by atoms with E-state index in [9.17, 15) is 14.9 Å². The number of nitrogens with one attached hydrogen (secondary N) is 1. The average Bonchev–Trinajstić information content (AvgIpc) is 2.29. The van der Waals surface area contributed by atoms with Gasteiger partial charge in [-0.25, -0.2) is 0 Å². The van der Waals surface area contributed by atoms with E-state index in [1.165, 1.54) is 12.1 Å². The number of halogens is 1. The van der Waals surface area contributed by atoms with Gasteiger partial charge in [0.05, 0.1) is 10.5 Å². The van der Waals surface area contributed by atoms with Gasteiger partial charge in [0.15, 0.2) is 0 Å². The first-order valence-electron chi connectivity index (χ1n) is 5.70. The third-order valence-electron chi connectivity index (χ3n) is 2.50. The van der Waals surface area contributed by atoms with Crippen molar-refractivity contribution in [3.63, 3.8) is 0 Å². The molecule has 1 N–H and O–H groups in total. The second-order valence-electron chi connectivity index (χ2n) is 4.08. The molecular formula is C12H15IN2O3. The Morgan fingerprint density at radius 3 is 2.78 bits per heavy atom. The molecule has 0 saturated carbocycles. The van der Waals surface area contributed by atoms with E-state index < -0.39 is 4.92 Å². The zero-order valence-corrected chi connectivity index (χ0v) is 12.4. The molecule has 98 valence electrons. The van der Waals surface area contributed by atoms with Gasteiger partial charge in [0.1, 0.15) is 0 Å². The summed E-state index contributed by atoms with van der Waals surface area (Å²) in [6, 6.07) is 4.36. The van der Waals surface area contributed by atoms with Gasteiger partial charge in [-0.15, -0.1) is 0 Å². The van der Waals surface area contributed by atoms with E-state index in [4.69, 9.17) is 0 Å². The average molecular weight is 362 g/mol. The number of carbonyl (C=O) groups excluding carboxylic acids is 1. The molecule has 0 saturated heterocycles. The van der Waals surface area contributed by atoms with Gasteiger partial charge in [-0.05, 0) is 42.0 Å². The van der Waals surface area contributed by atoms with E-state index in [1.54, 1.807) is 6.07 Å². The van der Waals surface area contributed by atoms with Gasteiger partial charge in [-0.3, -0.25) is 14.9 Å². The number of nitrogens with zero attached hydrogens (tertiary/aromatic N) is 1. The number of nitro benzene ring substituents is 1. The maximum atomic E-state index is 12.0. The molecule has 0 bridgehead atoms. The Balaban J connectivity index is 2.91. The molecule has 0 aromatic heterocycles. The van der Waals surface area contributed by atoms with Crippen LogP contribution in [-0.2, 0) is 0 Å². The Morgan fingerprint density at radius 1 is 1.56 bits per heavy atom. The molecule has 0 aliphatic heterocycles. The van der Waals surface area contributed by atoms with Crippen molar-refractivity contribution < 1.29 is 9.72 Å². The third kappa shape index (κ3) is 3.94. The van der Waals surface area contributed by atoms with Crippen LogP contribution in [0.5, 0.6) is 0 Å². The molecule has 0 spiro atoms. The van der Waals surface area contributed by atoms with Gasteiger partial charge in [-0.1, -0.05) is 13.3 Å². The summed E-state index contributed by atoms with van der Waals surface area (Å²) in [4.78, 5) is 22.2. The van der Waals surface area contributed by atoms with E-state index in [-0.39, 0.29) is 17.6 Å². The normalized spacial score (nSPS) is 11.9. The number of carbonyl (C=O) groups is 1. The number of nitro groups is 1. The van der Waals surface area contributed by atoms with Crippen molar-refractivity contribution in [1.29, 1.82) is 0 Å². The van der Waals surface area contributed by atoms with Gasteiger partial charge < -0.3 is 5.32 Å². The highest BCUT2D eigenvalue weighted by Crippen LogP contribution is 2.19. The van der Waals surface area contributed by atoms with Crippen LogP contribution in [0, 0.1) is 13.7 Å². The van der Waals surface area contributed by atoms with Crippen LogP contribution >= 0.6 is 22.6 Å². The smallest absolute Gasteiger partial charge is 0.270 e. The van der Waals surface area contributed by atoms with Crippen LogP contribution in [0.15, 0.2) is 18.2 Å². The minimum absolute atomic E-state index is 0.0660. The van der Waals surface area contributed by atoms with E-state index in [1.807, 2.05) is 36.4 Å². The molecule has 5 nitrogen and oxygen atoms in total. The summed E-state index contributed by atoms with van der Waals surface area (Å²) in [5, 5.41) is 13.5. The topological polar surface area (TPSA) is 72.2 Å². The van der Waals surface area contributed by atoms with E-state index >= 15 is 0 Å². The predicted molar refractivity (Wildman–Crippen MR) is 77.6 cm³/mol. The minimum atomic E-state index is -0.498. The number of non-ortho nitro benzene ring substituents is 1. The summed E-state index contributed by atoms with van der Waals surface area (Å²) in [5.74, 6) is -0.260. The van der Waals surface area contributed by atoms with Crippen molar-refractivity contribution in [1.82, 2.24) is 5.32 Å². The molecule has 1 amide bonds. The highest BCUT2D eigenvalue weighted by atomic mass is 127. The van der Waals surface area contributed by atoms with E-state index in [0.29, 0.717) is 9.13 Å². The molecule has 0 aliphatic rings. The van der Waals surface area contributed by atoms with Crippen LogP contribution < -0.4 is 5.32 Å². The van der Waals surface area contributed by atoms with Gasteiger partial charge in [0.25, 0.3) is 11.6 Å². The van der Waals surface area contributed by atoms with Crippen molar-refractivity contribution >= 4 is 34.2 Å². The van der Waals surface area contributed by atoms with E-state index in [2.05, 4.69) is 5.32 Å². The Morgan fingerprint density at radius 2 is 2.22 bits per heavy atom. The van der Waals surface area contributed by atoms with Crippen LogP contribution in [0.25, 0.3) is 0 Å². The standard InChI is InChI=1S/C12H15IN2O3/c1-3-4-8(2)14-12(16)10-7-9(15(17)18)5-6-11(10)13/h5-8H,3-4H2,1-2H3,(H,14,16). The first-order valence-corrected chi connectivity index (χ1v) is 6.78. The molecule has 1 rings (SSSR count). The summed E-state index contributed by atoms with van der Waals surface area (Å²) in [6.07, 6.45) is 1.87. The SMILES string of the molecule is CCCC(C)NC(=O)c1cc([N+](=O)[O-])ccc1I.